The summed E-state index contributed by atoms with van der Waals surface area (Å²) in [6.45, 7) is 5.99. The van der Waals surface area contributed by atoms with Gasteiger partial charge < -0.3 is 9.66 Å². The summed E-state index contributed by atoms with van der Waals surface area (Å²) in [4.78, 5) is 5.36. The van der Waals surface area contributed by atoms with E-state index in [1.54, 1.807) is 6.26 Å². The predicted molar refractivity (Wildman–Crippen MR) is 91.4 cm³/mol. The zero-order valence-corrected chi connectivity index (χ0v) is 14.5. The van der Waals surface area contributed by atoms with Crippen molar-refractivity contribution in [3.63, 3.8) is 0 Å². The number of aliphatic hydroxyl groups is 1. The molecule has 22 heavy (non-hydrogen) atoms. The fourth-order valence-corrected chi connectivity index (χ4v) is 3.66. The molecule has 0 saturated carbocycles. The van der Waals surface area contributed by atoms with Gasteiger partial charge in [0.05, 0.1) is 17.9 Å². The summed E-state index contributed by atoms with van der Waals surface area (Å²) < 4.78 is 12.0. The minimum Gasteiger partial charge on any atom is -0.612 e. The SMILES string of the molecule is CCc1cccc(CC)c1-c1cc([S+](C)[O-])c(CO)c(C)n1. The number of nitrogens with zero attached hydrogens (tertiary/aromatic N) is 1. The molecule has 0 amide bonds. The number of aromatic nitrogens is 1. The average Bonchev–Trinajstić information content (AvgIpc) is 2.52. The van der Waals surface area contributed by atoms with Crippen LogP contribution in [0.4, 0.5) is 0 Å². The summed E-state index contributed by atoms with van der Waals surface area (Å²) in [5.41, 5.74) is 5.92. The van der Waals surface area contributed by atoms with Gasteiger partial charge in [-0.3, -0.25) is 4.98 Å². The van der Waals surface area contributed by atoms with Crippen LogP contribution in [0.25, 0.3) is 11.3 Å². The highest BCUT2D eigenvalue weighted by atomic mass is 32.2. The van der Waals surface area contributed by atoms with Gasteiger partial charge >= 0.3 is 0 Å². The van der Waals surface area contributed by atoms with Gasteiger partial charge in [0.2, 0.25) is 0 Å². The Hall–Kier alpha value is -1.36. The number of aliphatic hydroxyl groups excluding tert-OH is 1. The van der Waals surface area contributed by atoms with Gasteiger partial charge in [0.1, 0.15) is 6.26 Å². The standard InChI is InChI=1S/C18H23NO2S/c1-5-13-8-7-9-14(6-2)18(13)16-10-17(22(4)21)15(11-20)12(3)19-16/h7-10,20H,5-6,11H2,1-4H3. The molecule has 1 aromatic carbocycles. The zero-order valence-electron chi connectivity index (χ0n) is 13.6. The lowest BCUT2D eigenvalue weighted by molar-refractivity contribution is 0.277. The van der Waals surface area contributed by atoms with Crippen molar-refractivity contribution in [2.75, 3.05) is 6.26 Å². The van der Waals surface area contributed by atoms with Crippen LogP contribution in [0.1, 0.15) is 36.2 Å². The summed E-state index contributed by atoms with van der Waals surface area (Å²) in [6, 6.07) is 8.19. The molecule has 3 nitrogen and oxygen atoms in total. The Balaban J connectivity index is 2.73. The van der Waals surface area contributed by atoms with Crippen LogP contribution >= 0.6 is 0 Å². The molecule has 0 bridgehead atoms. The van der Waals surface area contributed by atoms with E-state index >= 15 is 0 Å². The topological polar surface area (TPSA) is 56.2 Å². The maximum atomic E-state index is 12.0. The highest BCUT2D eigenvalue weighted by molar-refractivity contribution is 7.90. The average molecular weight is 317 g/mol. The summed E-state index contributed by atoms with van der Waals surface area (Å²) in [5.74, 6) is 0. The van der Waals surface area contributed by atoms with Crippen molar-refractivity contribution < 1.29 is 9.66 Å². The Kier molecular flexibility index (Phi) is 5.62. The zero-order chi connectivity index (χ0) is 16.3. The van der Waals surface area contributed by atoms with Crippen molar-refractivity contribution >= 4 is 11.2 Å². The first-order chi connectivity index (χ1) is 10.5. The van der Waals surface area contributed by atoms with Gasteiger partial charge in [0.25, 0.3) is 0 Å². The van der Waals surface area contributed by atoms with Crippen LogP contribution in [0, 0.1) is 6.92 Å². The van der Waals surface area contributed by atoms with E-state index in [4.69, 9.17) is 0 Å². The largest absolute Gasteiger partial charge is 0.612 e. The molecule has 1 N–H and O–H groups in total. The normalized spacial score (nSPS) is 12.5. The summed E-state index contributed by atoms with van der Waals surface area (Å²) in [5, 5.41) is 9.54. The van der Waals surface area contributed by atoms with Crippen molar-refractivity contribution in [3.8, 4) is 11.3 Å². The number of rotatable bonds is 5. The monoisotopic (exact) mass is 317 g/mol. The first-order valence-corrected chi connectivity index (χ1v) is 9.15. The Labute approximate surface area is 135 Å². The van der Waals surface area contributed by atoms with Gasteiger partial charge in [-0.05, 0) is 42.1 Å². The number of pyridine rings is 1. The summed E-state index contributed by atoms with van der Waals surface area (Å²) in [7, 11) is 0. The molecule has 1 atom stereocenters. The van der Waals surface area contributed by atoms with Crippen molar-refractivity contribution in [3.05, 3.63) is 46.6 Å². The molecular formula is C18H23NO2S. The van der Waals surface area contributed by atoms with Crippen molar-refractivity contribution in [1.29, 1.82) is 0 Å². The van der Waals surface area contributed by atoms with Crippen LogP contribution in [0.3, 0.4) is 0 Å². The molecule has 0 radical (unpaired) electrons. The number of hydrogen-bond acceptors (Lipinski definition) is 3. The third-order valence-corrected chi connectivity index (χ3v) is 5.00. The third kappa shape index (κ3) is 3.19. The van der Waals surface area contributed by atoms with Gasteiger partial charge in [-0.15, -0.1) is 0 Å². The van der Waals surface area contributed by atoms with E-state index in [0.717, 1.165) is 29.8 Å². The second-order valence-corrected chi connectivity index (χ2v) is 6.69. The first-order valence-electron chi connectivity index (χ1n) is 7.59. The van der Waals surface area contributed by atoms with Gasteiger partial charge in [-0.25, -0.2) is 0 Å². The molecule has 2 aromatic rings. The van der Waals surface area contributed by atoms with E-state index in [1.165, 1.54) is 11.1 Å². The highest BCUT2D eigenvalue weighted by Gasteiger charge is 2.19. The van der Waals surface area contributed by atoms with Crippen molar-refractivity contribution in [2.24, 2.45) is 0 Å². The molecule has 0 aliphatic carbocycles. The third-order valence-electron chi connectivity index (χ3n) is 4.01. The number of aryl methyl sites for hydroxylation is 3. The van der Waals surface area contributed by atoms with E-state index in [0.29, 0.717) is 10.5 Å². The van der Waals surface area contributed by atoms with Crippen LogP contribution in [-0.4, -0.2) is 20.9 Å². The van der Waals surface area contributed by atoms with Crippen molar-refractivity contribution in [1.82, 2.24) is 4.98 Å². The van der Waals surface area contributed by atoms with Crippen LogP contribution in [0.15, 0.2) is 29.2 Å². The first kappa shape index (κ1) is 17.0. The maximum absolute atomic E-state index is 12.0. The second-order valence-electron chi connectivity index (χ2n) is 5.34. The molecule has 0 aliphatic heterocycles. The van der Waals surface area contributed by atoms with Gasteiger partial charge in [0.15, 0.2) is 4.90 Å². The molecule has 0 spiro atoms. The minimum absolute atomic E-state index is 0.135. The van der Waals surface area contributed by atoms with Gasteiger partial charge in [0, 0.05) is 17.3 Å². The summed E-state index contributed by atoms with van der Waals surface area (Å²) in [6.07, 6.45) is 3.50. The van der Waals surface area contributed by atoms with E-state index < -0.39 is 11.2 Å². The predicted octanol–water partition coefficient (Wildman–Crippen LogP) is 3.41. The molecular weight excluding hydrogens is 294 g/mol. The second kappa shape index (κ2) is 7.27. The van der Waals surface area contributed by atoms with Crippen LogP contribution in [-0.2, 0) is 30.6 Å². The van der Waals surface area contributed by atoms with Crippen LogP contribution in [0.2, 0.25) is 0 Å². The van der Waals surface area contributed by atoms with E-state index in [9.17, 15) is 9.66 Å². The molecule has 118 valence electrons. The molecule has 0 saturated heterocycles. The van der Waals surface area contributed by atoms with Gasteiger partial charge in [-0.2, -0.15) is 0 Å². The van der Waals surface area contributed by atoms with E-state index in [1.807, 2.05) is 13.0 Å². The van der Waals surface area contributed by atoms with Crippen LogP contribution < -0.4 is 0 Å². The number of hydrogen-bond donors (Lipinski definition) is 1. The highest BCUT2D eigenvalue weighted by Crippen LogP contribution is 2.31. The molecule has 0 fully saturated rings. The molecule has 4 heteroatoms. The quantitative estimate of drug-likeness (QED) is 0.860. The minimum atomic E-state index is -1.15. The Morgan fingerprint density at radius 1 is 1.18 bits per heavy atom. The smallest absolute Gasteiger partial charge is 0.161 e. The molecule has 0 aliphatic rings. The lowest BCUT2D eigenvalue weighted by Crippen LogP contribution is -2.08. The Morgan fingerprint density at radius 2 is 1.77 bits per heavy atom. The maximum Gasteiger partial charge on any atom is 0.161 e. The fourth-order valence-electron chi connectivity index (χ4n) is 2.82. The molecule has 1 heterocycles. The number of benzene rings is 1. The Morgan fingerprint density at radius 3 is 2.23 bits per heavy atom. The fraction of sp³-hybridized carbons (Fsp3) is 0.389. The lowest BCUT2D eigenvalue weighted by Gasteiger charge is -2.17. The van der Waals surface area contributed by atoms with Crippen molar-refractivity contribution in [2.45, 2.75) is 45.1 Å². The summed E-state index contributed by atoms with van der Waals surface area (Å²) >= 11 is -1.15. The van der Waals surface area contributed by atoms with Gasteiger partial charge in [-0.1, -0.05) is 32.0 Å². The van der Waals surface area contributed by atoms with E-state index in [-0.39, 0.29) is 6.61 Å². The Bertz CT molecular complexity index is 646. The van der Waals surface area contributed by atoms with E-state index in [2.05, 4.69) is 37.0 Å². The lowest BCUT2D eigenvalue weighted by atomic mass is 9.94. The van der Waals surface area contributed by atoms with Crippen LogP contribution in [0.5, 0.6) is 0 Å². The molecule has 2 rings (SSSR count). The molecule has 1 aromatic heterocycles. The molecule has 1 unspecified atom stereocenters.